The Bertz CT molecular complexity index is 424. The average Bonchev–Trinajstić information content (AvgIpc) is 2.91. The summed E-state index contributed by atoms with van der Waals surface area (Å²) < 4.78 is 0. The highest BCUT2D eigenvalue weighted by molar-refractivity contribution is 5.98. The highest BCUT2D eigenvalue weighted by Gasteiger charge is 2.29. The normalized spacial score (nSPS) is 23.5. The van der Waals surface area contributed by atoms with E-state index in [1.54, 1.807) is 0 Å². The number of benzene rings is 1. The lowest BCUT2D eigenvalue weighted by Crippen LogP contribution is -2.45. The van der Waals surface area contributed by atoms with E-state index in [4.69, 9.17) is 0 Å². The molecule has 3 rings (SSSR count). The molecule has 17 heavy (non-hydrogen) atoms. The zero-order valence-corrected chi connectivity index (χ0v) is 9.98. The minimum Gasteiger partial charge on any atom is -0.311 e. The van der Waals surface area contributed by atoms with E-state index >= 15 is 0 Å². The molecule has 1 amide bonds. The molecule has 1 aromatic rings. The lowest BCUT2D eigenvalue weighted by molar-refractivity contribution is -0.120. The number of para-hydroxylation sites is 1. The summed E-state index contributed by atoms with van der Waals surface area (Å²) in [6.45, 7) is 1.85. The first-order valence-corrected chi connectivity index (χ1v) is 6.49. The number of rotatable bonds is 1. The number of fused-ring (bicyclic) bond motifs is 1. The SMILES string of the molecule is O=C([C@H]1CCCN1)N1CCCc2ccccc21. The Kier molecular flexibility index (Phi) is 2.85. The molecule has 2 aliphatic rings. The van der Waals surface area contributed by atoms with Crippen molar-refractivity contribution >= 4 is 11.6 Å². The standard InChI is InChI=1S/C14H18N2O/c17-14(12-7-3-9-15-12)16-10-4-6-11-5-1-2-8-13(11)16/h1-2,5,8,12,15H,3-4,6-7,9-10H2/t12-/m1/s1. The summed E-state index contributed by atoms with van der Waals surface area (Å²) in [5.74, 6) is 0.259. The number of carbonyl (C=O) groups excluding carboxylic acids is 1. The van der Waals surface area contributed by atoms with Gasteiger partial charge in [0.2, 0.25) is 5.91 Å². The molecule has 1 saturated heterocycles. The lowest BCUT2D eigenvalue weighted by atomic mass is 10.0. The molecular formula is C14H18N2O. The zero-order valence-electron chi connectivity index (χ0n) is 9.98. The van der Waals surface area contributed by atoms with Gasteiger partial charge >= 0.3 is 0 Å². The molecule has 1 fully saturated rings. The van der Waals surface area contributed by atoms with Crippen molar-refractivity contribution in [3.8, 4) is 0 Å². The van der Waals surface area contributed by atoms with E-state index in [0.717, 1.165) is 44.5 Å². The van der Waals surface area contributed by atoms with Gasteiger partial charge < -0.3 is 10.2 Å². The third-order valence-corrected chi connectivity index (χ3v) is 3.73. The first kappa shape index (κ1) is 10.8. The van der Waals surface area contributed by atoms with E-state index in [1.165, 1.54) is 5.56 Å². The fraction of sp³-hybridized carbons (Fsp3) is 0.500. The number of nitrogens with zero attached hydrogens (tertiary/aromatic N) is 1. The molecule has 1 aromatic carbocycles. The molecule has 2 aliphatic heterocycles. The molecule has 0 bridgehead atoms. The van der Waals surface area contributed by atoms with Gasteiger partial charge in [0.25, 0.3) is 0 Å². The number of aryl methyl sites for hydroxylation is 1. The monoisotopic (exact) mass is 230 g/mol. The second-order valence-corrected chi connectivity index (χ2v) is 4.87. The molecule has 90 valence electrons. The zero-order chi connectivity index (χ0) is 11.7. The summed E-state index contributed by atoms with van der Waals surface area (Å²) >= 11 is 0. The van der Waals surface area contributed by atoms with Gasteiger partial charge in [-0.25, -0.2) is 0 Å². The third kappa shape index (κ3) is 1.95. The van der Waals surface area contributed by atoms with Crippen molar-refractivity contribution in [1.82, 2.24) is 5.32 Å². The maximum atomic E-state index is 12.4. The van der Waals surface area contributed by atoms with Crippen LogP contribution in [0.1, 0.15) is 24.8 Å². The Balaban J connectivity index is 1.86. The van der Waals surface area contributed by atoms with E-state index < -0.39 is 0 Å². The minimum absolute atomic E-state index is 0.0427. The highest BCUT2D eigenvalue weighted by Crippen LogP contribution is 2.27. The number of hydrogen-bond donors (Lipinski definition) is 1. The second kappa shape index (κ2) is 4.49. The fourth-order valence-corrected chi connectivity index (χ4v) is 2.85. The molecule has 3 heteroatoms. The van der Waals surface area contributed by atoms with Crippen molar-refractivity contribution < 1.29 is 4.79 Å². The molecule has 3 nitrogen and oxygen atoms in total. The Morgan fingerprint density at radius 1 is 1.29 bits per heavy atom. The largest absolute Gasteiger partial charge is 0.311 e. The highest BCUT2D eigenvalue weighted by atomic mass is 16.2. The topological polar surface area (TPSA) is 32.3 Å². The van der Waals surface area contributed by atoms with Crippen molar-refractivity contribution in [1.29, 1.82) is 0 Å². The van der Waals surface area contributed by atoms with Gasteiger partial charge in [-0.2, -0.15) is 0 Å². The van der Waals surface area contributed by atoms with Crippen molar-refractivity contribution in [3.05, 3.63) is 29.8 Å². The van der Waals surface area contributed by atoms with Crippen LogP contribution >= 0.6 is 0 Å². The van der Waals surface area contributed by atoms with Gasteiger partial charge in [0.15, 0.2) is 0 Å². The lowest BCUT2D eigenvalue weighted by Gasteiger charge is -2.31. The number of amides is 1. The van der Waals surface area contributed by atoms with E-state index in [-0.39, 0.29) is 11.9 Å². The first-order chi connectivity index (χ1) is 8.36. The summed E-state index contributed by atoms with van der Waals surface area (Å²) in [6.07, 6.45) is 4.27. The van der Waals surface area contributed by atoms with Gasteiger partial charge in [0, 0.05) is 12.2 Å². The van der Waals surface area contributed by atoms with Gasteiger partial charge in [-0.05, 0) is 43.9 Å². The summed E-state index contributed by atoms with van der Waals surface area (Å²) in [6, 6.07) is 8.33. The van der Waals surface area contributed by atoms with Crippen LogP contribution in [0.25, 0.3) is 0 Å². The summed E-state index contributed by atoms with van der Waals surface area (Å²) in [4.78, 5) is 14.4. The summed E-state index contributed by atoms with van der Waals surface area (Å²) in [7, 11) is 0. The Hall–Kier alpha value is -1.35. The van der Waals surface area contributed by atoms with E-state index in [9.17, 15) is 4.79 Å². The van der Waals surface area contributed by atoms with Gasteiger partial charge in [-0.1, -0.05) is 18.2 Å². The van der Waals surface area contributed by atoms with Crippen LogP contribution in [-0.2, 0) is 11.2 Å². The van der Waals surface area contributed by atoms with E-state index in [0.29, 0.717) is 0 Å². The summed E-state index contributed by atoms with van der Waals surface area (Å²) in [5.41, 5.74) is 2.43. The molecule has 0 unspecified atom stereocenters. The van der Waals surface area contributed by atoms with Crippen LogP contribution in [0.15, 0.2) is 24.3 Å². The van der Waals surface area contributed by atoms with Crippen molar-refractivity contribution in [2.24, 2.45) is 0 Å². The van der Waals surface area contributed by atoms with E-state index in [2.05, 4.69) is 23.5 Å². The summed E-state index contributed by atoms with van der Waals surface area (Å²) in [5, 5.41) is 3.29. The number of carbonyl (C=O) groups is 1. The van der Waals surface area contributed by atoms with E-state index in [1.807, 2.05) is 11.0 Å². The number of hydrogen-bond acceptors (Lipinski definition) is 2. The second-order valence-electron chi connectivity index (χ2n) is 4.87. The van der Waals surface area contributed by atoms with Gasteiger partial charge in [-0.15, -0.1) is 0 Å². The smallest absolute Gasteiger partial charge is 0.244 e. The molecule has 1 atom stereocenters. The molecule has 0 saturated carbocycles. The number of anilines is 1. The van der Waals surface area contributed by atoms with Gasteiger partial charge in [0.05, 0.1) is 6.04 Å². The van der Waals surface area contributed by atoms with Crippen LogP contribution < -0.4 is 10.2 Å². The number of nitrogens with one attached hydrogen (secondary N) is 1. The molecule has 0 radical (unpaired) electrons. The predicted octanol–water partition coefficient (Wildman–Crippen LogP) is 1.72. The molecule has 0 aromatic heterocycles. The predicted molar refractivity (Wildman–Crippen MR) is 68.1 cm³/mol. The maximum Gasteiger partial charge on any atom is 0.244 e. The maximum absolute atomic E-state index is 12.4. The quantitative estimate of drug-likeness (QED) is 0.796. The van der Waals surface area contributed by atoms with Crippen LogP contribution in [0, 0.1) is 0 Å². The Morgan fingerprint density at radius 2 is 2.18 bits per heavy atom. The van der Waals surface area contributed by atoms with Gasteiger partial charge in [0.1, 0.15) is 0 Å². The molecule has 2 heterocycles. The van der Waals surface area contributed by atoms with Crippen LogP contribution in [0.5, 0.6) is 0 Å². The molecule has 0 spiro atoms. The third-order valence-electron chi connectivity index (χ3n) is 3.73. The molecule has 1 N–H and O–H groups in total. The van der Waals surface area contributed by atoms with Crippen LogP contribution in [0.3, 0.4) is 0 Å². The van der Waals surface area contributed by atoms with Crippen LogP contribution in [-0.4, -0.2) is 25.0 Å². The fourth-order valence-electron chi connectivity index (χ4n) is 2.85. The van der Waals surface area contributed by atoms with Crippen LogP contribution in [0.4, 0.5) is 5.69 Å². The Morgan fingerprint density at radius 3 is 3.00 bits per heavy atom. The minimum atomic E-state index is 0.0427. The van der Waals surface area contributed by atoms with Crippen molar-refractivity contribution in [2.75, 3.05) is 18.0 Å². The average molecular weight is 230 g/mol. The van der Waals surface area contributed by atoms with Gasteiger partial charge in [-0.3, -0.25) is 4.79 Å². The molecule has 0 aliphatic carbocycles. The van der Waals surface area contributed by atoms with Crippen molar-refractivity contribution in [3.63, 3.8) is 0 Å². The van der Waals surface area contributed by atoms with Crippen molar-refractivity contribution in [2.45, 2.75) is 31.7 Å². The Labute approximate surface area is 102 Å². The first-order valence-electron chi connectivity index (χ1n) is 6.49. The molecular weight excluding hydrogens is 212 g/mol. The van der Waals surface area contributed by atoms with Crippen LogP contribution in [0.2, 0.25) is 0 Å².